The summed E-state index contributed by atoms with van der Waals surface area (Å²) < 4.78 is 17.4. The Hall–Kier alpha value is -1.10. The van der Waals surface area contributed by atoms with Crippen LogP contribution in [0.5, 0.6) is 0 Å². The highest BCUT2D eigenvalue weighted by molar-refractivity contribution is 5.46. The van der Waals surface area contributed by atoms with Crippen molar-refractivity contribution < 1.29 is 14.2 Å². The van der Waals surface area contributed by atoms with Crippen molar-refractivity contribution in [1.82, 2.24) is 0 Å². The maximum atomic E-state index is 6.04. The summed E-state index contributed by atoms with van der Waals surface area (Å²) in [7, 11) is 0. The molecule has 2 aliphatic heterocycles. The molecule has 2 N–H and O–H groups in total. The van der Waals surface area contributed by atoms with Gasteiger partial charge in [0.2, 0.25) is 0 Å². The van der Waals surface area contributed by atoms with Crippen LogP contribution in [-0.2, 0) is 20.6 Å². The molecule has 2 fully saturated rings. The first-order valence-corrected chi connectivity index (χ1v) is 7.44. The number of benzene rings is 1. The Labute approximate surface area is 120 Å². The highest BCUT2D eigenvalue weighted by atomic mass is 16.6. The van der Waals surface area contributed by atoms with Crippen LogP contribution in [-0.4, -0.2) is 38.1 Å². The SMILES string of the molecule is Nc1ccccc1CCOC1CCOC2(CCOC2)C1. The first-order chi connectivity index (χ1) is 9.77. The molecule has 0 amide bonds. The van der Waals surface area contributed by atoms with Gasteiger partial charge in [0, 0.05) is 31.7 Å². The van der Waals surface area contributed by atoms with Gasteiger partial charge in [-0.2, -0.15) is 0 Å². The van der Waals surface area contributed by atoms with Crippen molar-refractivity contribution >= 4 is 5.69 Å². The van der Waals surface area contributed by atoms with Crippen LogP contribution in [0.3, 0.4) is 0 Å². The van der Waals surface area contributed by atoms with E-state index in [1.807, 2.05) is 18.2 Å². The van der Waals surface area contributed by atoms with Gasteiger partial charge in [0.1, 0.15) is 0 Å². The van der Waals surface area contributed by atoms with Gasteiger partial charge in [-0.05, 0) is 24.5 Å². The second-order valence-electron chi connectivity index (χ2n) is 5.77. The predicted octanol–water partition coefficient (Wildman–Crippen LogP) is 2.17. The third-order valence-electron chi connectivity index (χ3n) is 4.29. The van der Waals surface area contributed by atoms with Gasteiger partial charge >= 0.3 is 0 Å². The quantitative estimate of drug-likeness (QED) is 0.857. The van der Waals surface area contributed by atoms with Gasteiger partial charge in [-0.3, -0.25) is 0 Å². The molecule has 0 saturated carbocycles. The zero-order valence-corrected chi connectivity index (χ0v) is 11.8. The second-order valence-corrected chi connectivity index (χ2v) is 5.77. The molecule has 0 bridgehead atoms. The van der Waals surface area contributed by atoms with Crippen molar-refractivity contribution in [2.75, 3.05) is 32.2 Å². The Balaban J connectivity index is 1.48. The zero-order valence-electron chi connectivity index (χ0n) is 11.8. The Bertz CT molecular complexity index is 443. The van der Waals surface area contributed by atoms with Crippen LogP contribution in [0, 0.1) is 0 Å². The summed E-state index contributed by atoms with van der Waals surface area (Å²) in [6, 6.07) is 7.98. The molecule has 2 unspecified atom stereocenters. The van der Waals surface area contributed by atoms with Crippen LogP contribution in [0.1, 0.15) is 24.8 Å². The molecule has 2 saturated heterocycles. The van der Waals surface area contributed by atoms with Crippen molar-refractivity contribution in [3.8, 4) is 0 Å². The summed E-state index contributed by atoms with van der Waals surface area (Å²) in [5.74, 6) is 0. The summed E-state index contributed by atoms with van der Waals surface area (Å²) >= 11 is 0. The number of hydrogen-bond donors (Lipinski definition) is 1. The molecular weight excluding hydrogens is 254 g/mol. The van der Waals surface area contributed by atoms with E-state index < -0.39 is 0 Å². The van der Waals surface area contributed by atoms with Gasteiger partial charge in [0.25, 0.3) is 0 Å². The molecule has 1 aromatic carbocycles. The van der Waals surface area contributed by atoms with Gasteiger partial charge < -0.3 is 19.9 Å². The first kappa shape index (κ1) is 13.9. The molecule has 2 aliphatic rings. The van der Waals surface area contributed by atoms with E-state index in [2.05, 4.69) is 6.07 Å². The Kier molecular flexibility index (Phi) is 4.24. The molecule has 20 heavy (non-hydrogen) atoms. The van der Waals surface area contributed by atoms with Crippen molar-refractivity contribution in [1.29, 1.82) is 0 Å². The van der Waals surface area contributed by atoms with Crippen molar-refractivity contribution in [2.45, 2.75) is 37.4 Å². The first-order valence-electron chi connectivity index (χ1n) is 7.44. The minimum absolute atomic E-state index is 0.0747. The standard InChI is InChI=1S/C16H23NO3/c17-15-4-2-1-3-13(15)5-8-19-14-6-9-20-16(11-14)7-10-18-12-16/h1-4,14H,5-12,17H2. The summed E-state index contributed by atoms with van der Waals surface area (Å²) in [5, 5.41) is 0. The van der Waals surface area contributed by atoms with Gasteiger partial charge in [0.15, 0.2) is 0 Å². The van der Waals surface area contributed by atoms with Crippen LogP contribution < -0.4 is 5.73 Å². The fraction of sp³-hybridized carbons (Fsp3) is 0.625. The fourth-order valence-electron chi connectivity index (χ4n) is 3.09. The molecule has 1 spiro atoms. The highest BCUT2D eigenvalue weighted by Gasteiger charge is 2.41. The van der Waals surface area contributed by atoms with Gasteiger partial charge in [-0.25, -0.2) is 0 Å². The van der Waals surface area contributed by atoms with E-state index >= 15 is 0 Å². The molecule has 3 rings (SSSR count). The summed E-state index contributed by atoms with van der Waals surface area (Å²) in [6.07, 6.45) is 4.09. The topological polar surface area (TPSA) is 53.7 Å². The van der Waals surface area contributed by atoms with Gasteiger partial charge in [-0.15, -0.1) is 0 Å². The lowest BCUT2D eigenvalue weighted by Crippen LogP contribution is -2.43. The Morgan fingerprint density at radius 3 is 3.00 bits per heavy atom. The number of anilines is 1. The molecular formula is C16H23NO3. The van der Waals surface area contributed by atoms with E-state index in [0.717, 1.165) is 57.8 Å². The molecule has 1 aromatic rings. The van der Waals surface area contributed by atoms with E-state index in [1.165, 1.54) is 5.56 Å². The van der Waals surface area contributed by atoms with Crippen LogP contribution in [0.4, 0.5) is 5.69 Å². The monoisotopic (exact) mass is 277 g/mol. The fourth-order valence-corrected chi connectivity index (χ4v) is 3.09. The number of hydrogen-bond acceptors (Lipinski definition) is 4. The molecule has 4 heteroatoms. The molecule has 2 heterocycles. The molecule has 2 atom stereocenters. The minimum atomic E-state index is -0.0747. The predicted molar refractivity (Wildman–Crippen MR) is 77.7 cm³/mol. The maximum absolute atomic E-state index is 6.04. The van der Waals surface area contributed by atoms with E-state index in [-0.39, 0.29) is 11.7 Å². The largest absolute Gasteiger partial charge is 0.399 e. The summed E-state index contributed by atoms with van der Waals surface area (Å²) in [6.45, 7) is 3.03. The number of para-hydroxylation sites is 1. The van der Waals surface area contributed by atoms with Crippen LogP contribution in [0.25, 0.3) is 0 Å². The van der Waals surface area contributed by atoms with Crippen LogP contribution >= 0.6 is 0 Å². The molecule has 0 aromatic heterocycles. The molecule has 0 radical (unpaired) electrons. The van der Waals surface area contributed by atoms with E-state index in [0.29, 0.717) is 0 Å². The maximum Gasteiger partial charge on any atom is 0.0961 e. The third-order valence-corrected chi connectivity index (χ3v) is 4.29. The van der Waals surface area contributed by atoms with Crippen LogP contribution in [0.2, 0.25) is 0 Å². The highest BCUT2D eigenvalue weighted by Crippen LogP contribution is 2.34. The van der Waals surface area contributed by atoms with Crippen molar-refractivity contribution in [2.24, 2.45) is 0 Å². The summed E-state index contributed by atoms with van der Waals surface area (Å²) in [5.41, 5.74) is 7.88. The number of rotatable bonds is 4. The average molecular weight is 277 g/mol. The second kappa shape index (κ2) is 6.12. The number of nitrogens with two attached hydrogens (primary N) is 1. The smallest absolute Gasteiger partial charge is 0.0961 e. The third kappa shape index (κ3) is 3.14. The summed E-state index contributed by atoms with van der Waals surface area (Å²) in [4.78, 5) is 0. The number of ether oxygens (including phenoxy) is 3. The van der Waals surface area contributed by atoms with E-state index in [4.69, 9.17) is 19.9 Å². The van der Waals surface area contributed by atoms with Crippen LogP contribution in [0.15, 0.2) is 24.3 Å². The Morgan fingerprint density at radius 2 is 2.20 bits per heavy atom. The van der Waals surface area contributed by atoms with E-state index in [9.17, 15) is 0 Å². The molecule has 110 valence electrons. The average Bonchev–Trinajstić information content (AvgIpc) is 2.89. The lowest BCUT2D eigenvalue weighted by Gasteiger charge is -2.36. The lowest BCUT2D eigenvalue weighted by molar-refractivity contribution is -0.133. The minimum Gasteiger partial charge on any atom is -0.399 e. The zero-order chi connectivity index (χ0) is 13.8. The van der Waals surface area contributed by atoms with E-state index in [1.54, 1.807) is 0 Å². The number of nitrogen functional groups attached to an aromatic ring is 1. The molecule has 0 aliphatic carbocycles. The lowest BCUT2D eigenvalue weighted by atomic mass is 9.91. The van der Waals surface area contributed by atoms with Crippen molar-refractivity contribution in [3.63, 3.8) is 0 Å². The normalized spacial score (nSPS) is 29.9. The Morgan fingerprint density at radius 1 is 1.30 bits per heavy atom. The van der Waals surface area contributed by atoms with Crippen molar-refractivity contribution in [3.05, 3.63) is 29.8 Å². The van der Waals surface area contributed by atoms with Gasteiger partial charge in [-0.1, -0.05) is 18.2 Å². The molecule has 4 nitrogen and oxygen atoms in total. The van der Waals surface area contributed by atoms with Gasteiger partial charge in [0.05, 0.1) is 24.9 Å².